The van der Waals surface area contributed by atoms with E-state index in [4.69, 9.17) is 4.74 Å². The molecular formula is C18H22N4O4. The molecule has 0 spiro atoms. The van der Waals surface area contributed by atoms with Gasteiger partial charge in [0.15, 0.2) is 0 Å². The molecule has 0 bridgehead atoms. The Morgan fingerprint density at radius 3 is 2.77 bits per heavy atom. The van der Waals surface area contributed by atoms with Crippen molar-refractivity contribution in [1.82, 2.24) is 20.5 Å². The monoisotopic (exact) mass is 358 g/mol. The Hall–Kier alpha value is -2.74. The van der Waals surface area contributed by atoms with Crippen LogP contribution in [0.5, 0.6) is 5.88 Å². The van der Waals surface area contributed by atoms with E-state index < -0.39 is 0 Å². The van der Waals surface area contributed by atoms with E-state index in [0.29, 0.717) is 30.8 Å². The van der Waals surface area contributed by atoms with E-state index in [0.717, 1.165) is 5.56 Å². The minimum Gasteiger partial charge on any atom is -0.481 e. The molecule has 2 aromatic heterocycles. The number of aromatic nitrogens is 3. The molecule has 8 nitrogen and oxygen atoms in total. The van der Waals surface area contributed by atoms with E-state index in [9.17, 15) is 14.7 Å². The van der Waals surface area contributed by atoms with Crippen molar-refractivity contribution in [1.29, 1.82) is 0 Å². The highest BCUT2D eigenvalue weighted by molar-refractivity contribution is 5.76. The molecule has 2 heterocycles. The van der Waals surface area contributed by atoms with E-state index in [-0.39, 0.29) is 36.0 Å². The zero-order valence-electron chi connectivity index (χ0n) is 14.5. The summed E-state index contributed by atoms with van der Waals surface area (Å²) in [6.45, 7) is 0. The molecule has 1 saturated carbocycles. The van der Waals surface area contributed by atoms with Crippen molar-refractivity contribution in [2.45, 2.75) is 37.8 Å². The molecule has 0 aliphatic heterocycles. The van der Waals surface area contributed by atoms with Gasteiger partial charge >= 0.3 is 0 Å². The van der Waals surface area contributed by atoms with Crippen LogP contribution in [0.25, 0.3) is 0 Å². The molecule has 1 atom stereocenters. The number of aryl methyl sites for hydroxylation is 1. The van der Waals surface area contributed by atoms with Crippen molar-refractivity contribution in [2.75, 3.05) is 7.11 Å². The second kappa shape index (κ2) is 8.09. The highest BCUT2D eigenvalue weighted by Crippen LogP contribution is 2.38. The molecule has 3 N–H and O–H groups in total. The van der Waals surface area contributed by atoms with Crippen molar-refractivity contribution in [3.8, 4) is 5.88 Å². The fourth-order valence-electron chi connectivity index (χ4n) is 3.07. The van der Waals surface area contributed by atoms with Crippen LogP contribution in [0.3, 0.4) is 0 Å². The summed E-state index contributed by atoms with van der Waals surface area (Å²) in [4.78, 5) is 27.6. The molecule has 0 radical (unpaired) electrons. The number of H-pyrrole nitrogens is 1. The minimum atomic E-state index is -0.309. The Bertz CT molecular complexity index is 779. The van der Waals surface area contributed by atoms with Crippen LogP contribution < -0.4 is 15.6 Å². The first-order valence-electron chi connectivity index (χ1n) is 8.57. The van der Waals surface area contributed by atoms with Crippen molar-refractivity contribution in [3.63, 3.8) is 0 Å². The zero-order chi connectivity index (χ0) is 18.5. The molecule has 26 heavy (non-hydrogen) atoms. The minimum absolute atomic E-state index is 0.111. The van der Waals surface area contributed by atoms with Gasteiger partial charge in [-0.25, -0.2) is 10.1 Å². The van der Waals surface area contributed by atoms with Gasteiger partial charge in [-0.15, -0.1) is 0 Å². The maximum Gasteiger partial charge on any atom is 0.264 e. The molecule has 1 aliphatic carbocycles. The first-order valence-corrected chi connectivity index (χ1v) is 8.57. The molecule has 1 aliphatic rings. The third-order valence-electron chi connectivity index (χ3n) is 4.61. The lowest BCUT2D eigenvalue weighted by Gasteiger charge is -2.38. The van der Waals surface area contributed by atoms with Gasteiger partial charge in [-0.2, -0.15) is 5.10 Å². The number of amides is 1. The quantitative estimate of drug-likeness (QED) is 0.672. The number of ether oxygens (including phenoxy) is 1. The summed E-state index contributed by atoms with van der Waals surface area (Å²) in [5.74, 6) is 0.576. The first-order chi connectivity index (χ1) is 12.5. The van der Waals surface area contributed by atoms with Gasteiger partial charge in [-0.05, 0) is 30.4 Å². The van der Waals surface area contributed by atoms with Crippen molar-refractivity contribution in [3.05, 3.63) is 52.1 Å². The number of rotatable bonds is 7. The van der Waals surface area contributed by atoms with Crippen molar-refractivity contribution in [2.24, 2.45) is 5.92 Å². The fraction of sp³-hybridized carbons (Fsp3) is 0.444. The number of nitrogens with one attached hydrogen (secondary N) is 2. The van der Waals surface area contributed by atoms with E-state index >= 15 is 0 Å². The number of carbonyl (C=O) groups excluding carboxylic acids is 1. The van der Waals surface area contributed by atoms with Crippen LogP contribution in [0, 0.1) is 5.92 Å². The Balaban J connectivity index is 1.63. The molecule has 1 fully saturated rings. The van der Waals surface area contributed by atoms with E-state index in [1.807, 2.05) is 6.07 Å². The Morgan fingerprint density at radius 2 is 2.19 bits per heavy atom. The molecular weight excluding hydrogens is 336 g/mol. The number of hydrogen-bond acceptors (Lipinski definition) is 6. The maximum absolute atomic E-state index is 12.4. The van der Waals surface area contributed by atoms with Gasteiger partial charge < -0.3 is 15.2 Å². The third-order valence-corrected chi connectivity index (χ3v) is 4.61. The summed E-state index contributed by atoms with van der Waals surface area (Å²) in [6, 6.07) is 6.44. The maximum atomic E-state index is 12.4. The molecule has 0 saturated heterocycles. The largest absolute Gasteiger partial charge is 0.481 e. The van der Waals surface area contributed by atoms with Crippen molar-refractivity contribution >= 4 is 5.91 Å². The number of pyridine rings is 1. The molecule has 0 unspecified atom stereocenters. The standard InChI is InChI=1S/C18H22N4O4/c1-26-17-7-2-11(10-19-17)18(12-8-14(23)9-12)20-15(24)5-3-13-4-6-16(25)22-21-13/h2,4,6-7,10,12,14,18,23H,3,5,8-9H2,1H3,(H,20,24)(H,22,25)/t12?,14?,18-/m1/s1. The van der Waals surface area contributed by atoms with Crippen LogP contribution in [0.2, 0.25) is 0 Å². The fourth-order valence-corrected chi connectivity index (χ4v) is 3.07. The number of nitrogens with zero attached hydrogens (tertiary/aromatic N) is 2. The lowest BCUT2D eigenvalue weighted by atomic mass is 9.75. The topological polar surface area (TPSA) is 117 Å². The molecule has 0 aromatic carbocycles. The predicted octanol–water partition coefficient (Wildman–Crippen LogP) is 0.734. The molecule has 8 heteroatoms. The average molecular weight is 358 g/mol. The molecule has 3 rings (SSSR count). The SMILES string of the molecule is COc1ccc([C@@H](NC(=O)CCc2ccc(=O)[nH]n2)C2CC(O)C2)cn1. The summed E-state index contributed by atoms with van der Waals surface area (Å²) in [6.07, 6.45) is 3.38. The number of hydrogen-bond donors (Lipinski definition) is 3. The summed E-state index contributed by atoms with van der Waals surface area (Å²) < 4.78 is 5.07. The van der Waals surface area contributed by atoms with Gasteiger partial charge in [-0.1, -0.05) is 6.07 Å². The molecule has 1 amide bonds. The zero-order valence-corrected chi connectivity index (χ0v) is 14.5. The molecule has 2 aromatic rings. The third kappa shape index (κ3) is 4.45. The smallest absolute Gasteiger partial charge is 0.264 e. The average Bonchev–Trinajstić information content (AvgIpc) is 2.63. The lowest BCUT2D eigenvalue weighted by Crippen LogP contribution is -2.41. The second-order valence-electron chi connectivity index (χ2n) is 6.48. The van der Waals surface area contributed by atoms with Crippen molar-refractivity contribution < 1.29 is 14.6 Å². The highest BCUT2D eigenvalue weighted by atomic mass is 16.5. The van der Waals surface area contributed by atoms with Gasteiger partial charge in [0.05, 0.1) is 24.9 Å². The number of carbonyl (C=O) groups is 1. The van der Waals surface area contributed by atoms with Gasteiger partial charge in [0.1, 0.15) is 0 Å². The second-order valence-corrected chi connectivity index (χ2v) is 6.48. The van der Waals surface area contributed by atoms with Gasteiger partial charge in [-0.3, -0.25) is 9.59 Å². The summed E-state index contributed by atoms with van der Waals surface area (Å²) in [5.41, 5.74) is 1.27. The number of aromatic amines is 1. The van der Waals surface area contributed by atoms with Crippen LogP contribution in [0.15, 0.2) is 35.3 Å². The molecule has 138 valence electrons. The summed E-state index contributed by atoms with van der Waals surface area (Å²) >= 11 is 0. The van der Waals surface area contributed by atoms with Crippen LogP contribution >= 0.6 is 0 Å². The Morgan fingerprint density at radius 1 is 1.38 bits per heavy atom. The van der Waals surface area contributed by atoms with Gasteiger partial charge in [0.25, 0.3) is 5.56 Å². The highest BCUT2D eigenvalue weighted by Gasteiger charge is 2.35. The van der Waals surface area contributed by atoms with Gasteiger partial charge in [0.2, 0.25) is 11.8 Å². The summed E-state index contributed by atoms with van der Waals surface area (Å²) in [7, 11) is 1.55. The van der Waals surface area contributed by atoms with Crippen LogP contribution in [0.1, 0.15) is 36.6 Å². The first kappa shape index (κ1) is 18.1. The normalized spacial score (nSPS) is 20.1. The number of aliphatic hydroxyl groups is 1. The van der Waals surface area contributed by atoms with E-state index in [1.54, 1.807) is 25.4 Å². The van der Waals surface area contributed by atoms with Crippen LogP contribution in [-0.2, 0) is 11.2 Å². The van der Waals surface area contributed by atoms with Gasteiger partial charge in [0, 0.05) is 31.2 Å². The number of aliphatic hydroxyl groups excluding tert-OH is 1. The van der Waals surface area contributed by atoms with Crippen LogP contribution in [-0.4, -0.2) is 39.4 Å². The Labute approximate surface area is 150 Å². The van der Waals surface area contributed by atoms with Crippen LogP contribution in [0.4, 0.5) is 0 Å². The number of methoxy groups -OCH3 is 1. The van der Waals surface area contributed by atoms with E-state index in [2.05, 4.69) is 20.5 Å². The summed E-state index contributed by atoms with van der Waals surface area (Å²) in [5, 5.41) is 18.9. The lowest BCUT2D eigenvalue weighted by molar-refractivity contribution is -0.123. The predicted molar refractivity (Wildman–Crippen MR) is 93.6 cm³/mol. The Kier molecular flexibility index (Phi) is 5.62. The van der Waals surface area contributed by atoms with E-state index in [1.165, 1.54) is 6.07 Å².